The molecular formula is C16H21F3IN5O2S. The quantitative estimate of drug-likeness (QED) is 0.277. The Hall–Kier alpha value is -1.83. The van der Waals surface area contributed by atoms with Crippen LogP contribution in [0.3, 0.4) is 0 Å². The molecule has 0 radical (unpaired) electrons. The maximum Gasteiger partial charge on any atom is 0.434 e. The van der Waals surface area contributed by atoms with Crippen LogP contribution in [0, 0.1) is 0 Å². The van der Waals surface area contributed by atoms with Crippen molar-refractivity contribution in [1.82, 2.24) is 20.9 Å². The standard InChI is InChI=1S/C16H20F3N5O2S.HI/c1-2-20-15(23-9-13(25)22-8-11-4-3-7-26-11)21-6-5-14-24-12(10-27-14)16(17,18)19;/h3-4,7,10H,2,5-6,8-9H2,1H3,(H,22,25)(H2,20,21,23);1H. The zero-order valence-corrected chi connectivity index (χ0v) is 18.2. The highest BCUT2D eigenvalue weighted by Gasteiger charge is 2.33. The fraction of sp³-hybridized carbons (Fsp3) is 0.438. The molecule has 2 aromatic heterocycles. The van der Waals surface area contributed by atoms with E-state index in [9.17, 15) is 18.0 Å². The van der Waals surface area contributed by atoms with Gasteiger partial charge in [-0.3, -0.25) is 4.79 Å². The molecule has 2 rings (SSSR count). The lowest BCUT2D eigenvalue weighted by Crippen LogP contribution is -2.39. The summed E-state index contributed by atoms with van der Waals surface area (Å²) in [5, 5.41) is 9.98. The number of furan rings is 1. The number of aliphatic imine (C=N–C) groups is 1. The van der Waals surface area contributed by atoms with Crippen molar-refractivity contribution in [2.45, 2.75) is 26.1 Å². The van der Waals surface area contributed by atoms with E-state index in [1.54, 1.807) is 12.1 Å². The molecule has 28 heavy (non-hydrogen) atoms. The van der Waals surface area contributed by atoms with Gasteiger partial charge < -0.3 is 20.4 Å². The van der Waals surface area contributed by atoms with Gasteiger partial charge in [0.05, 0.1) is 17.8 Å². The van der Waals surface area contributed by atoms with Gasteiger partial charge in [-0.2, -0.15) is 13.2 Å². The number of carbonyl (C=O) groups excluding carboxylic acids is 1. The van der Waals surface area contributed by atoms with Crippen molar-refractivity contribution in [2.75, 3.05) is 19.6 Å². The third-order valence-corrected chi connectivity index (χ3v) is 4.15. The van der Waals surface area contributed by atoms with E-state index in [0.717, 1.165) is 16.7 Å². The zero-order chi connectivity index (χ0) is 19.7. The summed E-state index contributed by atoms with van der Waals surface area (Å²) in [6.45, 7) is 2.97. The highest BCUT2D eigenvalue weighted by Crippen LogP contribution is 2.29. The Morgan fingerprint density at radius 1 is 1.32 bits per heavy atom. The molecular weight excluding hydrogens is 510 g/mol. The van der Waals surface area contributed by atoms with Gasteiger partial charge in [-0.05, 0) is 19.1 Å². The Morgan fingerprint density at radius 2 is 2.11 bits per heavy atom. The molecule has 156 valence electrons. The highest BCUT2D eigenvalue weighted by molar-refractivity contribution is 14.0. The summed E-state index contributed by atoms with van der Waals surface area (Å²) < 4.78 is 42.7. The molecule has 0 aliphatic rings. The van der Waals surface area contributed by atoms with Gasteiger partial charge in [-0.25, -0.2) is 9.98 Å². The number of carbonyl (C=O) groups is 1. The smallest absolute Gasteiger partial charge is 0.434 e. The van der Waals surface area contributed by atoms with Crippen LogP contribution < -0.4 is 16.0 Å². The molecule has 12 heteroatoms. The number of aromatic nitrogens is 1. The summed E-state index contributed by atoms with van der Waals surface area (Å²) in [7, 11) is 0. The molecule has 0 aliphatic heterocycles. The van der Waals surface area contributed by atoms with Crippen molar-refractivity contribution in [3.63, 3.8) is 0 Å². The minimum atomic E-state index is -4.43. The Bertz CT molecular complexity index is 750. The van der Waals surface area contributed by atoms with Crippen molar-refractivity contribution in [3.05, 3.63) is 40.2 Å². The first-order valence-corrected chi connectivity index (χ1v) is 9.09. The van der Waals surface area contributed by atoms with E-state index in [4.69, 9.17) is 4.42 Å². The average molecular weight is 531 g/mol. The van der Waals surface area contributed by atoms with Crippen LogP contribution in [0.2, 0.25) is 0 Å². The van der Waals surface area contributed by atoms with Gasteiger partial charge in [0.1, 0.15) is 12.3 Å². The molecule has 0 fully saturated rings. The van der Waals surface area contributed by atoms with Gasteiger partial charge in [0.25, 0.3) is 0 Å². The SMILES string of the molecule is CCNC(=NCC(=O)NCc1ccco1)NCCc1nc(C(F)(F)F)cs1.I. The second-order valence-electron chi connectivity index (χ2n) is 5.35. The topological polar surface area (TPSA) is 91.5 Å². The Kier molecular flexibility index (Phi) is 10.3. The fourth-order valence-electron chi connectivity index (χ4n) is 1.99. The molecule has 0 spiro atoms. The average Bonchev–Trinajstić information content (AvgIpc) is 3.29. The van der Waals surface area contributed by atoms with Crippen LogP contribution in [0.1, 0.15) is 23.4 Å². The van der Waals surface area contributed by atoms with Crippen molar-refractivity contribution >= 4 is 47.2 Å². The third-order valence-electron chi connectivity index (χ3n) is 3.24. The molecule has 0 bridgehead atoms. The van der Waals surface area contributed by atoms with Crippen LogP contribution in [0.5, 0.6) is 0 Å². The van der Waals surface area contributed by atoms with Crippen molar-refractivity contribution in [2.24, 2.45) is 4.99 Å². The monoisotopic (exact) mass is 531 g/mol. The number of hydrogen-bond acceptors (Lipinski definition) is 5. The van der Waals surface area contributed by atoms with E-state index in [-0.39, 0.29) is 43.0 Å². The lowest BCUT2D eigenvalue weighted by atomic mass is 10.4. The molecule has 0 aliphatic carbocycles. The maximum atomic E-state index is 12.5. The lowest BCUT2D eigenvalue weighted by molar-refractivity contribution is -0.140. The van der Waals surface area contributed by atoms with Gasteiger partial charge in [0, 0.05) is 24.9 Å². The van der Waals surface area contributed by atoms with Crippen LogP contribution in [0.4, 0.5) is 13.2 Å². The lowest BCUT2D eigenvalue weighted by Gasteiger charge is -2.10. The first-order chi connectivity index (χ1) is 12.9. The summed E-state index contributed by atoms with van der Waals surface area (Å²) in [5.74, 6) is 0.760. The molecule has 0 saturated heterocycles. The van der Waals surface area contributed by atoms with Crippen LogP contribution in [0.15, 0.2) is 33.2 Å². The molecule has 0 atom stereocenters. The Balaban J connectivity index is 0.00000392. The molecule has 0 unspecified atom stereocenters. The second-order valence-corrected chi connectivity index (χ2v) is 6.29. The second kappa shape index (κ2) is 11.9. The van der Waals surface area contributed by atoms with Crippen molar-refractivity contribution < 1.29 is 22.4 Å². The van der Waals surface area contributed by atoms with E-state index >= 15 is 0 Å². The number of hydrogen-bond donors (Lipinski definition) is 3. The first-order valence-electron chi connectivity index (χ1n) is 8.21. The molecule has 7 nitrogen and oxygen atoms in total. The predicted molar refractivity (Wildman–Crippen MR) is 111 cm³/mol. The zero-order valence-electron chi connectivity index (χ0n) is 15.0. The van der Waals surface area contributed by atoms with Crippen molar-refractivity contribution in [1.29, 1.82) is 0 Å². The third kappa shape index (κ3) is 8.46. The summed E-state index contributed by atoms with van der Waals surface area (Å²) in [6, 6.07) is 3.48. The number of rotatable bonds is 8. The Labute approximate surface area is 181 Å². The number of alkyl halides is 3. The Morgan fingerprint density at radius 3 is 2.71 bits per heavy atom. The summed E-state index contributed by atoms with van der Waals surface area (Å²) >= 11 is 0.961. The fourth-order valence-corrected chi connectivity index (χ4v) is 2.80. The number of halogens is 4. The summed E-state index contributed by atoms with van der Waals surface area (Å²) in [4.78, 5) is 19.5. The largest absolute Gasteiger partial charge is 0.467 e. The predicted octanol–water partition coefficient (Wildman–Crippen LogP) is 2.79. The molecule has 2 aromatic rings. The van der Waals surface area contributed by atoms with E-state index in [2.05, 4.69) is 25.9 Å². The van der Waals surface area contributed by atoms with E-state index in [0.29, 0.717) is 36.2 Å². The van der Waals surface area contributed by atoms with Gasteiger partial charge in [-0.1, -0.05) is 0 Å². The molecule has 2 heterocycles. The van der Waals surface area contributed by atoms with Gasteiger partial charge in [0.15, 0.2) is 11.7 Å². The van der Waals surface area contributed by atoms with Crippen LogP contribution in [-0.4, -0.2) is 36.5 Å². The molecule has 1 amide bonds. The summed E-state index contributed by atoms with van der Waals surface area (Å²) in [6.07, 6.45) is -2.59. The van der Waals surface area contributed by atoms with Gasteiger partial charge in [0.2, 0.25) is 5.91 Å². The van der Waals surface area contributed by atoms with E-state index in [1.807, 2.05) is 6.92 Å². The van der Waals surface area contributed by atoms with E-state index < -0.39 is 11.9 Å². The number of thiazole rings is 1. The number of nitrogens with one attached hydrogen (secondary N) is 3. The van der Waals surface area contributed by atoms with Crippen LogP contribution in [-0.2, 0) is 23.9 Å². The highest BCUT2D eigenvalue weighted by atomic mass is 127. The number of amides is 1. The molecule has 3 N–H and O–H groups in total. The first kappa shape index (κ1) is 24.2. The van der Waals surface area contributed by atoms with Crippen LogP contribution >= 0.6 is 35.3 Å². The minimum absolute atomic E-state index is 0. The number of nitrogens with zero attached hydrogens (tertiary/aromatic N) is 2. The summed E-state index contributed by atoms with van der Waals surface area (Å²) in [5.41, 5.74) is -0.878. The van der Waals surface area contributed by atoms with Gasteiger partial charge >= 0.3 is 6.18 Å². The minimum Gasteiger partial charge on any atom is -0.467 e. The maximum absolute atomic E-state index is 12.5. The van der Waals surface area contributed by atoms with Crippen LogP contribution in [0.25, 0.3) is 0 Å². The number of guanidine groups is 1. The molecule has 0 saturated carbocycles. The molecule has 0 aromatic carbocycles. The van der Waals surface area contributed by atoms with Crippen molar-refractivity contribution in [3.8, 4) is 0 Å². The van der Waals surface area contributed by atoms with Gasteiger partial charge in [-0.15, -0.1) is 35.3 Å². The van der Waals surface area contributed by atoms with E-state index in [1.165, 1.54) is 6.26 Å². The normalized spacial score (nSPS) is 11.6.